The van der Waals surface area contributed by atoms with Gasteiger partial charge in [-0.2, -0.15) is 4.99 Å². The van der Waals surface area contributed by atoms with Crippen molar-refractivity contribution in [2.24, 2.45) is 4.99 Å². The van der Waals surface area contributed by atoms with Crippen LogP contribution in [0.2, 0.25) is 0 Å². The molecule has 5 heteroatoms. The predicted octanol–water partition coefficient (Wildman–Crippen LogP) is 2.41. The van der Waals surface area contributed by atoms with Crippen LogP contribution >= 0.6 is 23.4 Å². The second-order valence-corrected chi connectivity index (χ2v) is 3.40. The number of carbonyl (C=O) groups excluding carboxylic acids is 1. The minimum atomic E-state index is -0.264. The second kappa shape index (κ2) is 6.31. The summed E-state index contributed by atoms with van der Waals surface area (Å²) in [6.45, 7) is 5.14. The maximum Gasteiger partial charge on any atom is 0.345 e. The summed E-state index contributed by atoms with van der Waals surface area (Å²) in [6.07, 6.45) is 1.78. The standard InChI is InChI=1S/C7H13ClN2OS/c1-4-10(5-2)7(11)9-6(8)12-3/h4-5H2,1-3H3/b9-6+. The van der Waals surface area contributed by atoms with Gasteiger partial charge < -0.3 is 4.90 Å². The fourth-order valence-electron chi connectivity index (χ4n) is 0.686. The van der Waals surface area contributed by atoms with Crippen molar-refractivity contribution in [2.45, 2.75) is 13.8 Å². The van der Waals surface area contributed by atoms with E-state index in [1.54, 1.807) is 11.2 Å². The summed E-state index contributed by atoms with van der Waals surface area (Å²) in [5.74, 6) is 0. The van der Waals surface area contributed by atoms with Crippen LogP contribution in [0.15, 0.2) is 4.99 Å². The Morgan fingerprint density at radius 2 is 2.00 bits per heavy atom. The molecule has 0 unspecified atom stereocenters. The molecule has 0 aromatic rings. The topological polar surface area (TPSA) is 32.7 Å². The zero-order chi connectivity index (χ0) is 9.56. The molecule has 12 heavy (non-hydrogen) atoms. The number of amides is 2. The van der Waals surface area contributed by atoms with E-state index < -0.39 is 0 Å². The molecule has 0 aliphatic carbocycles. The molecule has 0 aliphatic heterocycles. The maximum atomic E-state index is 11.2. The van der Waals surface area contributed by atoms with Gasteiger partial charge in [0.25, 0.3) is 0 Å². The van der Waals surface area contributed by atoms with Crippen LogP contribution in [0.5, 0.6) is 0 Å². The number of nitrogens with zero attached hydrogens (tertiary/aromatic N) is 2. The van der Waals surface area contributed by atoms with Crippen molar-refractivity contribution in [1.82, 2.24) is 4.90 Å². The summed E-state index contributed by atoms with van der Waals surface area (Å²) in [7, 11) is 0. The molecule has 0 aromatic heterocycles. The number of halogens is 1. The fraction of sp³-hybridized carbons (Fsp3) is 0.714. The van der Waals surface area contributed by atoms with E-state index in [1.807, 2.05) is 13.8 Å². The van der Waals surface area contributed by atoms with Crippen LogP contribution in [0.4, 0.5) is 4.79 Å². The van der Waals surface area contributed by atoms with Gasteiger partial charge in [-0.15, -0.1) is 0 Å². The van der Waals surface area contributed by atoms with E-state index in [9.17, 15) is 4.79 Å². The minimum Gasteiger partial charge on any atom is -0.323 e. The largest absolute Gasteiger partial charge is 0.345 e. The molecule has 0 aliphatic rings. The number of thioether (sulfide) groups is 1. The van der Waals surface area contributed by atoms with Crippen molar-refractivity contribution in [3.8, 4) is 0 Å². The number of rotatable bonds is 2. The lowest BCUT2D eigenvalue weighted by atomic mass is 10.5. The van der Waals surface area contributed by atoms with Gasteiger partial charge in [0.15, 0.2) is 4.50 Å². The predicted molar refractivity (Wildman–Crippen MR) is 55.1 cm³/mol. The zero-order valence-electron chi connectivity index (χ0n) is 7.50. The Morgan fingerprint density at radius 1 is 1.50 bits per heavy atom. The Hall–Kier alpha value is -0.220. The van der Waals surface area contributed by atoms with Gasteiger partial charge in [-0.05, 0) is 20.1 Å². The highest BCUT2D eigenvalue weighted by molar-refractivity contribution is 8.16. The smallest absolute Gasteiger partial charge is 0.323 e. The number of hydrogen-bond donors (Lipinski definition) is 0. The van der Waals surface area contributed by atoms with Gasteiger partial charge in [0.05, 0.1) is 0 Å². The first-order valence-corrected chi connectivity index (χ1v) is 5.33. The SMILES string of the molecule is CCN(CC)C(=O)/N=C(\Cl)SC. The minimum absolute atomic E-state index is 0.264. The highest BCUT2D eigenvalue weighted by atomic mass is 35.5. The van der Waals surface area contributed by atoms with E-state index >= 15 is 0 Å². The van der Waals surface area contributed by atoms with Crippen LogP contribution in [-0.2, 0) is 0 Å². The van der Waals surface area contributed by atoms with Crippen LogP contribution in [0.3, 0.4) is 0 Å². The van der Waals surface area contributed by atoms with Crippen molar-refractivity contribution in [1.29, 1.82) is 0 Å². The summed E-state index contributed by atoms with van der Waals surface area (Å²) >= 11 is 6.84. The van der Waals surface area contributed by atoms with Gasteiger partial charge >= 0.3 is 6.03 Å². The summed E-state index contributed by atoms with van der Waals surface area (Å²) in [5.41, 5.74) is 0. The number of carbonyl (C=O) groups is 1. The summed E-state index contributed by atoms with van der Waals surface area (Å²) in [6, 6.07) is -0.264. The first kappa shape index (κ1) is 11.8. The van der Waals surface area contributed by atoms with Crippen molar-refractivity contribution < 1.29 is 4.79 Å². The monoisotopic (exact) mass is 208 g/mol. The van der Waals surface area contributed by atoms with E-state index in [-0.39, 0.29) is 10.5 Å². The molecule has 0 saturated heterocycles. The Bertz CT molecular complexity index is 180. The van der Waals surface area contributed by atoms with Crippen molar-refractivity contribution in [3.05, 3.63) is 0 Å². The number of urea groups is 1. The Kier molecular flexibility index (Phi) is 6.20. The average molecular weight is 209 g/mol. The molecule has 0 spiro atoms. The Balaban J connectivity index is 4.18. The van der Waals surface area contributed by atoms with E-state index in [2.05, 4.69) is 4.99 Å². The molecule has 0 bridgehead atoms. The molecule has 2 amide bonds. The van der Waals surface area contributed by atoms with Gasteiger partial charge in [0, 0.05) is 13.1 Å². The molecule has 0 atom stereocenters. The molecule has 0 radical (unpaired) electrons. The first-order valence-electron chi connectivity index (χ1n) is 3.72. The molecule has 0 aromatic carbocycles. The van der Waals surface area contributed by atoms with Gasteiger partial charge in [0.1, 0.15) is 0 Å². The second-order valence-electron chi connectivity index (χ2n) is 2.02. The normalized spacial score (nSPS) is 11.5. The molecular weight excluding hydrogens is 196 g/mol. The highest BCUT2D eigenvalue weighted by Gasteiger charge is 2.07. The van der Waals surface area contributed by atoms with Gasteiger partial charge in [-0.25, -0.2) is 4.79 Å². The fourth-order valence-corrected chi connectivity index (χ4v) is 0.927. The maximum absolute atomic E-state index is 11.2. The zero-order valence-corrected chi connectivity index (χ0v) is 9.08. The van der Waals surface area contributed by atoms with Gasteiger partial charge in [-0.1, -0.05) is 23.4 Å². The quantitative estimate of drug-likeness (QED) is 0.516. The number of aliphatic imine (C=N–C) groups is 1. The van der Waals surface area contributed by atoms with Crippen LogP contribution < -0.4 is 0 Å². The average Bonchev–Trinajstić information content (AvgIpc) is 2.06. The third-order valence-electron chi connectivity index (χ3n) is 1.39. The van der Waals surface area contributed by atoms with Crippen molar-refractivity contribution in [2.75, 3.05) is 19.3 Å². The third kappa shape index (κ3) is 3.97. The highest BCUT2D eigenvalue weighted by Crippen LogP contribution is 2.04. The van der Waals surface area contributed by atoms with Gasteiger partial charge in [0.2, 0.25) is 0 Å². The van der Waals surface area contributed by atoms with E-state index in [0.29, 0.717) is 13.1 Å². The molecular formula is C7H13ClN2OS. The third-order valence-corrected chi connectivity index (χ3v) is 2.36. The molecule has 3 nitrogen and oxygen atoms in total. The molecule has 0 N–H and O–H groups in total. The lowest BCUT2D eigenvalue weighted by molar-refractivity contribution is 0.213. The number of hydrogen-bond acceptors (Lipinski definition) is 2. The molecule has 0 fully saturated rings. The van der Waals surface area contributed by atoms with Crippen molar-refractivity contribution >= 4 is 33.9 Å². The molecule has 0 saturated carbocycles. The van der Waals surface area contributed by atoms with Crippen LogP contribution in [0, 0.1) is 0 Å². The lowest BCUT2D eigenvalue weighted by Gasteiger charge is -2.14. The summed E-state index contributed by atoms with van der Waals surface area (Å²) < 4.78 is 0.284. The van der Waals surface area contributed by atoms with Crippen LogP contribution in [-0.4, -0.2) is 34.8 Å². The Labute approximate surface area is 82.2 Å². The Morgan fingerprint density at radius 3 is 2.33 bits per heavy atom. The first-order chi connectivity index (χ1) is 5.65. The van der Waals surface area contributed by atoms with E-state index in [4.69, 9.17) is 11.6 Å². The summed E-state index contributed by atoms with van der Waals surface area (Å²) in [4.78, 5) is 16.5. The molecule has 0 rings (SSSR count). The lowest BCUT2D eigenvalue weighted by Crippen LogP contribution is -2.27. The van der Waals surface area contributed by atoms with E-state index in [0.717, 1.165) is 0 Å². The van der Waals surface area contributed by atoms with Crippen molar-refractivity contribution in [3.63, 3.8) is 0 Å². The molecule has 70 valence electrons. The van der Waals surface area contributed by atoms with E-state index in [1.165, 1.54) is 11.8 Å². The summed E-state index contributed by atoms with van der Waals surface area (Å²) in [5, 5.41) is 0. The van der Waals surface area contributed by atoms with Crippen LogP contribution in [0.25, 0.3) is 0 Å². The molecule has 0 heterocycles. The van der Waals surface area contributed by atoms with Gasteiger partial charge in [-0.3, -0.25) is 0 Å². The van der Waals surface area contributed by atoms with Crippen LogP contribution in [0.1, 0.15) is 13.8 Å².